The van der Waals surface area contributed by atoms with Gasteiger partial charge in [-0.2, -0.15) is 0 Å². The molecule has 0 fully saturated rings. The third-order valence-corrected chi connectivity index (χ3v) is 4.24. The van der Waals surface area contributed by atoms with Crippen molar-refractivity contribution >= 4 is 32.8 Å². The number of benzene rings is 2. The van der Waals surface area contributed by atoms with Crippen molar-refractivity contribution in [3.05, 3.63) is 69.9 Å². The molecule has 0 aliphatic rings. The molecule has 0 bridgehead atoms. The quantitative estimate of drug-likeness (QED) is 0.716. The fraction of sp³-hybridized carbons (Fsp3) is 0.167. The highest BCUT2D eigenvalue weighted by Crippen LogP contribution is 2.28. The lowest BCUT2D eigenvalue weighted by Gasteiger charge is -2.13. The zero-order valence-electron chi connectivity index (χ0n) is 12.4. The summed E-state index contributed by atoms with van der Waals surface area (Å²) in [6.45, 7) is 3.86. The van der Waals surface area contributed by atoms with Crippen molar-refractivity contribution < 1.29 is 9.21 Å². The Morgan fingerprint density at radius 1 is 1.18 bits per heavy atom. The van der Waals surface area contributed by atoms with Gasteiger partial charge in [-0.1, -0.05) is 46.3 Å². The van der Waals surface area contributed by atoms with Crippen molar-refractivity contribution in [2.75, 3.05) is 0 Å². The number of carbonyl (C=O) groups is 1. The summed E-state index contributed by atoms with van der Waals surface area (Å²) in [6, 6.07) is 15.5. The number of nitrogens with one attached hydrogen (secondary N) is 1. The van der Waals surface area contributed by atoms with E-state index in [0.29, 0.717) is 5.76 Å². The maximum atomic E-state index is 12.5. The van der Waals surface area contributed by atoms with Gasteiger partial charge in [-0.3, -0.25) is 4.79 Å². The van der Waals surface area contributed by atoms with Gasteiger partial charge in [-0.15, -0.1) is 0 Å². The minimum absolute atomic E-state index is 0.0759. The van der Waals surface area contributed by atoms with Gasteiger partial charge >= 0.3 is 0 Å². The molecule has 3 rings (SSSR count). The Balaban J connectivity index is 1.88. The van der Waals surface area contributed by atoms with Gasteiger partial charge in [0.05, 0.1) is 6.04 Å². The van der Waals surface area contributed by atoms with Crippen LogP contribution in [0.15, 0.2) is 57.4 Å². The zero-order chi connectivity index (χ0) is 15.7. The maximum absolute atomic E-state index is 12.5. The molecular formula is C18H16BrNO2. The predicted octanol–water partition coefficient (Wildman–Crippen LogP) is 4.99. The molecule has 3 nitrogen and oxygen atoms in total. The molecule has 3 aromatic rings. The highest BCUT2D eigenvalue weighted by Gasteiger charge is 2.19. The molecule has 1 aromatic heterocycles. The van der Waals surface area contributed by atoms with Crippen LogP contribution >= 0.6 is 15.9 Å². The van der Waals surface area contributed by atoms with E-state index in [9.17, 15) is 4.79 Å². The molecule has 0 saturated carbocycles. The lowest BCUT2D eigenvalue weighted by Crippen LogP contribution is -2.26. The number of aryl methyl sites for hydroxylation is 1. The van der Waals surface area contributed by atoms with Crippen LogP contribution in [0, 0.1) is 6.92 Å². The van der Waals surface area contributed by atoms with Crippen LogP contribution in [-0.2, 0) is 0 Å². The van der Waals surface area contributed by atoms with Gasteiger partial charge in [0, 0.05) is 15.4 Å². The summed E-state index contributed by atoms with van der Waals surface area (Å²) in [6.07, 6.45) is 0. The van der Waals surface area contributed by atoms with Gasteiger partial charge in [0.2, 0.25) is 0 Å². The molecule has 2 aromatic carbocycles. The molecule has 112 valence electrons. The average molecular weight is 358 g/mol. The van der Waals surface area contributed by atoms with Crippen molar-refractivity contribution in [2.45, 2.75) is 19.9 Å². The Morgan fingerprint density at radius 2 is 1.91 bits per heavy atom. The lowest BCUT2D eigenvalue weighted by molar-refractivity contribution is 0.0913. The van der Waals surface area contributed by atoms with Crippen molar-refractivity contribution in [1.29, 1.82) is 0 Å². The number of halogens is 1. The lowest BCUT2D eigenvalue weighted by atomic mass is 10.1. The van der Waals surface area contributed by atoms with Crippen LogP contribution in [-0.4, -0.2) is 5.91 Å². The Labute approximate surface area is 137 Å². The van der Waals surface area contributed by atoms with E-state index in [1.165, 1.54) is 0 Å². The van der Waals surface area contributed by atoms with Crippen molar-refractivity contribution in [1.82, 2.24) is 5.32 Å². The fourth-order valence-corrected chi connectivity index (χ4v) is 2.86. The largest absolute Gasteiger partial charge is 0.451 e. The molecule has 0 unspecified atom stereocenters. The fourth-order valence-electron chi connectivity index (χ4n) is 2.50. The monoisotopic (exact) mass is 357 g/mol. The van der Waals surface area contributed by atoms with Crippen molar-refractivity contribution in [2.24, 2.45) is 0 Å². The number of hydrogen-bond acceptors (Lipinski definition) is 2. The number of hydrogen-bond donors (Lipinski definition) is 1. The summed E-state index contributed by atoms with van der Waals surface area (Å²) >= 11 is 3.44. The Bertz CT molecular complexity index is 824. The molecule has 0 radical (unpaired) electrons. The number of furan rings is 1. The molecule has 0 spiro atoms. The Kier molecular flexibility index (Phi) is 4.03. The first kappa shape index (κ1) is 14.9. The summed E-state index contributed by atoms with van der Waals surface area (Å²) in [7, 11) is 0. The summed E-state index contributed by atoms with van der Waals surface area (Å²) in [5, 5.41) is 3.94. The standard InChI is InChI=1S/C18H16BrNO2/c1-11-15-10-14(19)8-9-16(15)22-17(11)18(21)20-12(2)13-6-4-3-5-7-13/h3-10,12H,1-2H3,(H,20,21)/t12-/m1/s1. The minimum atomic E-state index is -0.193. The second-order valence-corrected chi connectivity index (χ2v) is 6.22. The van der Waals surface area contributed by atoms with Crippen LogP contribution in [0.2, 0.25) is 0 Å². The molecular weight excluding hydrogens is 342 g/mol. The van der Waals surface area contributed by atoms with Gasteiger partial charge in [0.15, 0.2) is 5.76 Å². The minimum Gasteiger partial charge on any atom is -0.451 e. The van der Waals surface area contributed by atoms with Gasteiger partial charge in [-0.25, -0.2) is 0 Å². The SMILES string of the molecule is Cc1c(C(=O)N[C@H](C)c2ccccc2)oc2ccc(Br)cc12. The van der Waals surface area contributed by atoms with E-state index in [0.717, 1.165) is 26.6 Å². The molecule has 22 heavy (non-hydrogen) atoms. The number of rotatable bonds is 3. The second kappa shape index (κ2) is 5.97. The molecule has 1 amide bonds. The van der Waals surface area contributed by atoms with E-state index in [1.807, 2.05) is 62.4 Å². The van der Waals surface area contributed by atoms with Gasteiger partial charge in [0.25, 0.3) is 5.91 Å². The van der Waals surface area contributed by atoms with Crippen LogP contribution < -0.4 is 5.32 Å². The smallest absolute Gasteiger partial charge is 0.287 e. The first-order valence-electron chi connectivity index (χ1n) is 7.10. The summed E-state index contributed by atoms with van der Waals surface area (Å²) < 4.78 is 6.69. The maximum Gasteiger partial charge on any atom is 0.287 e. The summed E-state index contributed by atoms with van der Waals surface area (Å²) in [5.41, 5.74) is 2.64. The van der Waals surface area contributed by atoms with Crippen LogP contribution in [0.1, 0.15) is 34.6 Å². The van der Waals surface area contributed by atoms with E-state index in [1.54, 1.807) is 0 Å². The molecule has 0 aliphatic carbocycles. The first-order valence-corrected chi connectivity index (χ1v) is 7.90. The number of fused-ring (bicyclic) bond motifs is 1. The first-order chi connectivity index (χ1) is 10.6. The third-order valence-electron chi connectivity index (χ3n) is 3.75. The molecule has 1 N–H and O–H groups in total. The Morgan fingerprint density at radius 3 is 2.64 bits per heavy atom. The van der Waals surface area contributed by atoms with E-state index >= 15 is 0 Å². The number of carbonyl (C=O) groups excluding carboxylic acids is 1. The predicted molar refractivity (Wildman–Crippen MR) is 91.0 cm³/mol. The van der Waals surface area contributed by atoms with Crippen molar-refractivity contribution in [3.63, 3.8) is 0 Å². The molecule has 4 heteroatoms. The number of amides is 1. The summed E-state index contributed by atoms with van der Waals surface area (Å²) in [4.78, 5) is 12.5. The second-order valence-electron chi connectivity index (χ2n) is 5.30. The van der Waals surface area contributed by atoms with Crippen molar-refractivity contribution in [3.8, 4) is 0 Å². The highest BCUT2D eigenvalue weighted by molar-refractivity contribution is 9.10. The van der Waals surface area contributed by atoms with E-state index in [4.69, 9.17) is 4.42 Å². The van der Waals surface area contributed by atoms with Crippen LogP contribution in [0.25, 0.3) is 11.0 Å². The summed E-state index contributed by atoms with van der Waals surface area (Å²) in [5.74, 6) is 0.178. The highest BCUT2D eigenvalue weighted by atomic mass is 79.9. The van der Waals surface area contributed by atoms with E-state index in [-0.39, 0.29) is 11.9 Å². The molecule has 0 aliphatic heterocycles. The average Bonchev–Trinajstić information content (AvgIpc) is 2.85. The Hall–Kier alpha value is -2.07. The molecule has 0 saturated heterocycles. The topological polar surface area (TPSA) is 42.2 Å². The van der Waals surface area contributed by atoms with Crippen LogP contribution in [0.5, 0.6) is 0 Å². The normalized spacial score (nSPS) is 12.3. The molecule has 1 atom stereocenters. The van der Waals surface area contributed by atoms with Crippen LogP contribution in [0.3, 0.4) is 0 Å². The third kappa shape index (κ3) is 2.79. The zero-order valence-corrected chi connectivity index (χ0v) is 14.0. The van der Waals surface area contributed by atoms with Gasteiger partial charge < -0.3 is 9.73 Å². The van der Waals surface area contributed by atoms with E-state index < -0.39 is 0 Å². The van der Waals surface area contributed by atoms with Gasteiger partial charge in [-0.05, 0) is 37.6 Å². The van der Waals surface area contributed by atoms with E-state index in [2.05, 4.69) is 21.2 Å². The van der Waals surface area contributed by atoms with Crippen LogP contribution in [0.4, 0.5) is 0 Å². The van der Waals surface area contributed by atoms with Gasteiger partial charge in [0.1, 0.15) is 5.58 Å². The molecule has 1 heterocycles.